The Morgan fingerprint density at radius 2 is 2.11 bits per heavy atom. The largest absolute Gasteiger partial charge is 0.495 e. The molecule has 3 heteroatoms. The molecule has 98 valence electrons. The van der Waals surface area contributed by atoms with Gasteiger partial charge in [-0.15, -0.1) is 0 Å². The molecule has 0 aliphatic heterocycles. The first kappa shape index (κ1) is 13.6. The van der Waals surface area contributed by atoms with Crippen LogP contribution in [0.3, 0.4) is 0 Å². The van der Waals surface area contributed by atoms with Gasteiger partial charge < -0.3 is 10.5 Å². The summed E-state index contributed by atoms with van der Waals surface area (Å²) in [4.78, 5) is 0. The Labute approximate surface area is 117 Å². The van der Waals surface area contributed by atoms with Crippen molar-refractivity contribution in [1.29, 1.82) is 0 Å². The van der Waals surface area contributed by atoms with E-state index in [-0.39, 0.29) is 0 Å². The minimum atomic E-state index is 0.553. The summed E-state index contributed by atoms with van der Waals surface area (Å²) in [6.07, 6.45) is 10.2. The molecule has 0 spiro atoms. The van der Waals surface area contributed by atoms with Crippen molar-refractivity contribution in [3.63, 3.8) is 0 Å². The molecule has 0 radical (unpaired) electrons. The molecule has 0 saturated carbocycles. The summed E-state index contributed by atoms with van der Waals surface area (Å²) in [7, 11) is 1.73. The van der Waals surface area contributed by atoms with E-state index in [2.05, 4.69) is 28.1 Å². The number of ether oxygens (including phenoxy) is 1. The van der Waals surface area contributed by atoms with Crippen molar-refractivity contribution in [2.75, 3.05) is 13.7 Å². The zero-order valence-electron chi connectivity index (χ0n) is 10.8. The average Bonchev–Trinajstić information content (AvgIpc) is 2.62. The summed E-state index contributed by atoms with van der Waals surface area (Å²) in [6.45, 7) is 0.553. The molecule has 0 saturated heterocycles. The van der Waals surface area contributed by atoms with Crippen molar-refractivity contribution in [2.24, 2.45) is 5.73 Å². The fraction of sp³-hybridized carbons (Fsp3) is 0.467. The van der Waals surface area contributed by atoms with Crippen LogP contribution in [0.15, 0.2) is 16.6 Å². The van der Waals surface area contributed by atoms with Gasteiger partial charge in [0, 0.05) is 12.1 Å². The second kappa shape index (κ2) is 6.39. The summed E-state index contributed by atoms with van der Waals surface area (Å²) in [5.74, 6) is 0.931. The lowest BCUT2D eigenvalue weighted by Gasteiger charge is -2.15. The van der Waals surface area contributed by atoms with Crippen LogP contribution >= 0.6 is 15.9 Å². The third-order valence-corrected chi connectivity index (χ3v) is 4.29. The topological polar surface area (TPSA) is 35.2 Å². The number of rotatable bonds is 3. The molecule has 1 aromatic rings. The van der Waals surface area contributed by atoms with E-state index in [9.17, 15) is 0 Å². The van der Waals surface area contributed by atoms with Crippen LogP contribution in [0.25, 0.3) is 6.08 Å². The lowest BCUT2D eigenvalue weighted by Crippen LogP contribution is -1.99. The second-order valence-corrected chi connectivity index (χ2v) is 5.44. The van der Waals surface area contributed by atoms with Crippen molar-refractivity contribution < 1.29 is 4.74 Å². The highest BCUT2D eigenvalue weighted by atomic mass is 79.9. The van der Waals surface area contributed by atoms with Crippen LogP contribution in [0.4, 0.5) is 0 Å². The SMILES string of the molecule is COc1c(/C=C/CN)cc2c(c1Br)CCCCC2. The van der Waals surface area contributed by atoms with E-state index in [4.69, 9.17) is 10.5 Å². The van der Waals surface area contributed by atoms with Crippen molar-refractivity contribution >= 4 is 22.0 Å². The number of benzene rings is 1. The number of fused-ring (bicyclic) bond motifs is 1. The first-order chi connectivity index (χ1) is 8.77. The number of hydrogen-bond donors (Lipinski definition) is 1. The van der Waals surface area contributed by atoms with Gasteiger partial charge in [-0.3, -0.25) is 0 Å². The second-order valence-electron chi connectivity index (χ2n) is 4.65. The zero-order valence-corrected chi connectivity index (χ0v) is 12.4. The van der Waals surface area contributed by atoms with E-state index in [1.165, 1.54) is 36.8 Å². The number of methoxy groups -OCH3 is 1. The summed E-state index contributed by atoms with van der Waals surface area (Å²) in [5, 5.41) is 0. The Bertz CT molecular complexity index is 454. The predicted molar refractivity (Wildman–Crippen MR) is 80.0 cm³/mol. The van der Waals surface area contributed by atoms with Gasteiger partial charge >= 0.3 is 0 Å². The van der Waals surface area contributed by atoms with Gasteiger partial charge in [-0.05, 0) is 58.8 Å². The van der Waals surface area contributed by atoms with E-state index in [0.717, 1.165) is 22.2 Å². The van der Waals surface area contributed by atoms with Gasteiger partial charge in [0.15, 0.2) is 0 Å². The van der Waals surface area contributed by atoms with Crippen LogP contribution in [0, 0.1) is 0 Å². The molecular formula is C15H20BrNO. The maximum atomic E-state index is 5.54. The molecule has 0 heterocycles. The molecule has 2 rings (SSSR count). The molecule has 0 atom stereocenters. The third-order valence-electron chi connectivity index (χ3n) is 3.45. The van der Waals surface area contributed by atoms with Gasteiger partial charge in [0.1, 0.15) is 5.75 Å². The first-order valence-electron chi connectivity index (χ1n) is 6.52. The molecule has 0 unspecified atom stereocenters. The lowest BCUT2D eigenvalue weighted by molar-refractivity contribution is 0.410. The molecule has 2 N–H and O–H groups in total. The molecule has 1 aromatic carbocycles. The highest BCUT2D eigenvalue weighted by Crippen LogP contribution is 2.38. The van der Waals surface area contributed by atoms with E-state index in [1.54, 1.807) is 7.11 Å². The van der Waals surface area contributed by atoms with Gasteiger partial charge in [0.05, 0.1) is 11.6 Å². The van der Waals surface area contributed by atoms with E-state index < -0.39 is 0 Å². The smallest absolute Gasteiger partial charge is 0.140 e. The minimum absolute atomic E-state index is 0.553. The average molecular weight is 310 g/mol. The molecule has 0 fully saturated rings. The summed E-state index contributed by atoms with van der Waals surface area (Å²) >= 11 is 3.71. The summed E-state index contributed by atoms with van der Waals surface area (Å²) in [6, 6.07) is 2.26. The van der Waals surface area contributed by atoms with E-state index in [1.807, 2.05) is 6.08 Å². The van der Waals surface area contributed by atoms with Crippen LogP contribution < -0.4 is 10.5 Å². The van der Waals surface area contributed by atoms with E-state index >= 15 is 0 Å². The van der Waals surface area contributed by atoms with Crippen molar-refractivity contribution in [1.82, 2.24) is 0 Å². The monoisotopic (exact) mass is 309 g/mol. The fourth-order valence-electron chi connectivity index (χ4n) is 2.56. The molecule has 0 amide bonds. The molecule has 2 nitrogen and oxygen atoms in total. The van der Waals surface area contributed by atoms with Gasteiger partial charge in [0.2, 0.25) is 0 Å². The van der Waals surface area contributed by atoms with E-state index in [0.29, 0.717) is 6.54 Å². The molecule has 0 bridgehead atoms. The van der Waals surface area contributed by atoms with Crippen molar-refractivity contribution in [3.8, 4) is 5.75 Å². The maximum Gasteiger partial charge on any atom is 0.140 e. The van der Waals surface area contributed by atoms with Gasteiger partial charge in [0.25, 0.3) is 0 Å². The Balaban J connectivity index is 2.51. The lowest BCUT2D eigenvalue weighted by atomic mass is 9.98. The van der Waals surface area contributed by atoms with Crippen LogP contribution in [0.1, 0.15) is 36.0 Å². The number of hydrogen-bond acceptors (Lipinski definition) is 2. The molecular weight excluding hydrogens is 290 g/mol. The van der Waals surface area contributed by atoms with Gasteiger partial charge in [-0.25, -0.2) is 0 Å². The van der Waals surface area contributed by atoms with Crippen molar-refractivity contribution in [3.05, 3.63) is 33.3 Å². The standard InChI is InChI=1S/C15H20BrNO/c1-18-15-12(7-5-9-17)10-11-6-3-2-4-8-13(11)14(15)16/h5,7,10H,2-4,6,8-9,17H2,1H3/b7-5+. The van der Waals surface area contributed by atoms with Crippen LogP contribution in [-0.2, 0) is 12.8 Å². The van der Waals surface area contributed by atoms with Crippen LogP contribution in [0.5, 0.6) is 5.75 Å². The third kappa shape index (κ3) is 2.78. The van der Waals surface area contributed by atoms with Crippen molar-refractivity contribution in [2.45, 2.75) is 32.1 Å². The fourth-order valence-corrected chi connectivity index (χ4v) is 3.40. The highest BCUT2D eigenvalue weighted by molar-refractivity contribution is 9.10. The normalized spacial score (nSPS) is 15.5. The Kier molecular flexibility index (Phi) is 4.84. The molecule has 18 heavy (non-hydrogen) atoms. The maximum absolute atomic E-state index is 5.54. The first-order valence-corrected chi connectivity index (χ1v) is 7.32. The van der Waals surface area contributed by atoms with Crippen LogP contribution in [0.2, 0.25) is 0 Å². The number of aryl methyl sites for hydroxylation is 1. The quantitative estimate of drug-likeness (QED) is 0.864. The Morgan fingerprint density at radius 3 is 2.83 bits per heavy atom. The molecule has 0 aromatic heterocycles. The molecule has 1 aliphatic rings. The summed E-state index contributed by atoms with van der Waals surface area (Å²) < 4.78 is 6.67. The number of nitrogens with two attached hydrogens (primary N) is 1. The minimum Gasteiger partial charge on any atom is -0.495 e. The summed E-state index contributed by atoms with van der Waals surface area (Å²) in [5.41, 5.74) is 9.53. The predicted octanol–water partition coefficient (Wildman–Crippen LogP) is 3.70. The van der Waals surface area contributed by atoms with Gasteiger partial charge in [-0.2, -0.15) is 0 Å². The molecule has 1 aliphatic carbocycles. The van der Waals surface area contributed by atoms with Crippen LogP contribution in [-0.4, -0.2) is 13.7 Å². The Hall–Kier alpha value is -0.800. The Morgan fingerprint density at radius 1 is 1.33 bits per heavy atom. The number of halogens is 1. The zero-order chi connectivity index (χ0) is 13.0. The van der Waals surface area contributed by atoms with Gasteiger partial charge in [-0.1, -0.05) is 18.6 Å². The highest BCUT2D eigenvalue weighted by Gasteiger charge is 2.17.